The normalized spacial score (nSPS) is 7.42. The van der Waals surface area contributed by atoms with E-state index in [9.17, 15) is 14.4 Å². The predicted octanol–water partition coefficient (Wildman–Crippen LogP) is -5.37. The summed E-state index contributed by atoms with van der Waals surface area (Å²) in [6, 6.07) is 0. The molecule has 0 aromatic rings. The Hall–Kier alpha value is -1.31. The first kappa shape index (κ1) is 43.1. The molecule has 0 aliphatic heterocycles. The Bertz CT molecular complexity index is 237. The summed E-state index contributed by atoms with van der Waals surface area (Å²) in [5, 5.41) is 33.8. The van der Waals surface area contributed by atoms with E-state index < -0.39 is 36.4 Å². The zero-order chi connectivity index (χ0) is 10.6. The molecule has 0 heterocycles. The fourth-order valence-corrected chi connectivity index (χ4v) is 0.714. The van der Waals surface area contributed by atoms with Gasteiger partial charge in [-0.25, -0.2) is 4.79 Å². The summed E-state index contributed by atoms with van der Waals surface area (Å²) in [6.45, 7) is 0. The van der Waals surface area contributed by atoms with Crippen molar-refractivity contribution in [2.24, 2.45) is 0 Å². The van der Waals surface area contributed by atoms with Crippen LogP contribution in [0.4, 0.5) is 0 Å². The van der Waals surface area contributed by atoms with E-state index in [1.807, 2.05) is 0 Å². The monoisotopic (exact) mass is 338 g/mol. The second-order valence-electron chi connectivity index (χ2n) is 2.48. The van der Waals surface area contributed by atoms with Gasteiger partial charge in [-0.15, -0.1) is 0 Å². The van der Waals surface area contributed by atoms with Gasteiger partial charge in [-0.3, -0.25) is 9.59 Å². The van der Waals surface area contributed by atoms with Crippen LogP contribution in [0, 0.1) is 0 Å². The molecule has 0 aliphatic carbocycles. The maximum atomic E-state index is 10.3. The number of aliphatic hydroxyl groups is 1. The average Bonchev–Trinajstić information content (AvgIpc) is 1.82. The molecule has 0 radical (unpaired) electrons. The summed E-state index contributed by atoms with van der Waals surface area (Å²) in [4.78, 5) is 30.5. The Kier molecular flexibility index (Phi) is 37.9. The topological polar surface area (TPSA) is 290 Å². The van der Waals surface area contributed by atoms with E-state index >= 15 is 0 Å². The molecule has 0 amide bonds. The minimum atomic E-state index is -2.74. The largest absolute Gasteiger partial charge is 0.481 e. The molecule has 0 aromatic carbocycles. The minimum absolute atomic E-state index is 0. The van der Waals surface area contributed by atoms with Gasteiger partial charge in [-0.05, 0) is 0 Å². The summed E-state index contributed by atoms with van der Waals surface area (Å²) in [6.07, 6.45) is -2.29. The smallest absolute Gasteiger partial charge is 0.336 e. The van der Waals surface area contributed by atoms with E-state index in [4.69, 9.17) is 20.4 Å². The average molecular weight is 338 g/mol. The molecule has 0 aliphatic rings. The Morgan fingerprint density at radius 1 is 0.737 bits per heavy atom. The molecule has 14 N–H and O–H groups in total. The van der Waals surface area contributed by atoms with Crippen molar-refractivity contribution in [2.45, 2.75) is 18.4 Å². The van der Waals surface area contributed by atoms with Gasteiger partial charge in [0, 0.05) is 17.1 Å². The summed E-state index contributed by atoms with van der Waals surface area (Å²) >= 11 is 0. The van der Waals surface area contributed by atoms with Crippen molar-refractivity contribution in [1.29, 1.82) is 0 Å². The molecule has 19 heavy (non-hydrogen) atoms. The fraction of sp³-hybridized carbons (Fsp3) is 0.500. The zero-order valence-corrected chi connectivity index (χ0v) is 10.4. The number of carbonyl (C=O) groups is 3. The van der Waals surface area contributed by atoms with E-state index in [1.165, 1.54) is 0 Å². The SMILES string of the molecule is O.O.O.O.O.O=C(O)CC(O)(CC(=O)O)C(=O)O.[Fe]. The van der Waals surface area contributed by atoms with Gasteiger partial charge in [-0.1, -0.05) is 0 Å². The summed E-state index contributed by atoms with van der Waals surface area (Å²) in [5.41, 5.74) is -2.74. The second-order valence-corrected chi connectivity index (χ2v) is 2.48. The van der Waals surface area contributed by atoms with Gasteiger partial charge in [0.1, 0.15) is 0 Å². The molecule has 0 bridgehead atoms. The van der Waals surface area contributed by atoms with Crippen molar-refractivity contribution in [3.8, 4) is 0 Å². The van der Waals surface area contributed by atoms with Gasteiger partial charge >= 0.3 is 17.9 Å². The maximum absolute atomic E-state index is 10.3. The van der Waals surface area contributed by atoms with Crippen molar-refractivity contribution in [1.82, 2.24) is 0 Å². The predicted molar refractivity (Wildman–Crippen MR) is 55.2 cm³/mol. The molecule has 0 spiro atoms. The van der Waals surface area contributed by atoms with E-state index in [0.29, 0.717) is 0 Å². The quantitative estimate of drug-likeness (QED) is 0.352. The van der Waals surface area contributed by atoms with Gasteiger partial charge in [0.2, 0.25) is 0 Å². The van der Waals surface area contributed by atoms with Crippen LogP contribution >= 0.6 is 0 Å². The molecule has 0 rings (SSSR count). The first-order chi connectivity index (χ1) is 5.78. The van der Waals surface area contributed by atoms with Crippen LogP contribution in [0.1, 0.15) is 12.8 Å². The Balaban J connectivity index is -0.0000000480. The summed E-state index contributed by atoms with van der Waals surface area (Å²) in [7, 11) is 0. The first-order valence-corrected chi connectivity index (χ1v) is 3.17. The Labute approximate surface area is 116 Å². The van der Waals surface area contributed by atoms with Crippen molar-refractivity contribution in [2.75, 3.05) is 0 Å². The van der Waals surface area contributed by atoms with Gasteiger partial charge in [0.05, 0.1) is 12.8 Å². The third kappa shape index (κ3) is 16.7. The van der Waals surface area contributed by atoms with Gasteiger partial charge in [-0.2, -0.15) is 0 Å². The fourth-order valence-electron chi connectivity index (χ4n) is 0.714. The zero-order valence-electron chi connectivity index (χ0n) is 9.28. The molecule has 0 atom stereocenters. The van der Waals surface area contributed by atoms with Crippen molar-refractivity contribution in [3.05, 3.63) is 0 Å². The van der Waals surface area contributed by atoms with Crippen molar-refractivity contribution in [3.63, 3.8) is 0 Å². The van der Waals surface area contributed by atoms with E-state index in [0.717, 1.165) is 0 Å². The molecule has 0 saturated heterocycles. The molecule has 12 nitrogen and oxygen atoms in total. The number of rotatable bonds is 5. The molecule has 122 valence electrons. The van der Waals surface area contributed by atoms with Crippen LogP contribution in [0.3, 0.4) is 0 Å². The summed E-state index contributed by atoms with van der Waals surface area (Å²) < 4.78 is 0. The molecule has 0 unspecified atom stereocenters. The first-order valence-electron chi connectivity index (χ1n) is 3.17. The molecule has 13 heteroatoms. The maximum Gasteiger partial charge on any atom is 0.336 e. The van der Waals surface area contributed by atoms with Crippen LogP contribution in [-0.4, -0.2) is 71.3 Å². The standard InChI is InChI=1S/C6H8O7.Fe.5H2O/c7-3(8)1-6(13,5(11)12)2-4(9)10;;;;;;/h13H,1-2H2,(H,7,8)(H,9,10)(H,11,12);;5*1H2. The van der Waals surface area contributed by atoms with Gasteiger partial charge in [0.15, 0.2) is 5.60 Å². The third-order valence-electron chi connectivity index (χ3n) is 1.29. The van der Waals surface area contributed by atoms with Crippen molar-refractivity contribution >= 4 is 17.9 Å². The number of aliphatic carboxylic acids is 3. The van der Waals surface area contributed by atoms with Crippen LogP contribution in [0.15, 0.2) is 0 Å². The van der Waals surface area contributed by atoms with Crippen LogP contribution in [0.2, 0.25) is 0 Å². The van der Waals surface area contributed by atoms with E-state index in [2.05, 4.69) is 0 Å². The van der Waals surface area contributed by atoms with Crippen LogP contribution < -0.4 is 0 Å². The third-order valence-corrected chi connectivity index (χ3v) is 1.29. The van der Waals surface area contributed by atoms with E-state index in [-0.39, 0.29) is 44.4 Å². The minimum Gasteiger partial charge on any atom is -0.481 e. The number of hydrogen-bond donors (Lipinski definition) is 4. The molecular formula is C6H18FeO12. The van der Waals surface area contributed by atoms with Crippen LogP contribution in [0.25, 0.3) is 0 Å². The van der Waals surface area contributed by atoms with Gasteiger partial charge < -0.3 is 47.8 Å². The van der Waals surface area contributed by atoms with Crippen molar-refractivity contribution < 1.29 is 79.3 Å². The molecule has 0 saturated carbocycles. The Morgan fingerprint density at radius 2 is 0.947 bits per heavy atom. The molecule has 0 aromatic heterocycles. The van der Waals surface area contributed by atoms with Gasteiger partial charge in [0.25, 0.3) is 0 Å². The number of hydrogen-bond acceptors (Lipinski definition) is 4. The number of carboxylic acids is 3. The Morgan fingerprint density at radius 3 is 1.05 bits per heavy atom. The molecular weight excluding hydrogens is 320 g/mol. The second kappa shape index (κ2) is 16.7. The van der Waals surface area contributed by atoms with E-state index in [1.54, 1.807) is 0 Å². The van der Waals surface area contributed by atoms with Crippen LogP contribution in [-0.2, 0) is 31.5 Å². The number of carboxylic acid groups (broad SMARTS) is 3. The molecule has 0 fully saturated rings. The van der Waals surface area contributed by atoms with Crippen LogP contribution in [0.5, 0.6) is 0 Å². The summed E-state index contributed by atoms with van der Waals surface area (Å²) in [5.74, 6) is -5.02.